The van der Waals surface area contributed by atoms with Gasteiger partial charge in [0.1, 0.15) is 0 Å². The molecule has 0 fully saturated rings. The fourth-order valence-corrected chi connectivity index (χ4v) is 2.04. The van der Waals surface area contributed by atoms with Crippen LogP contribution in [-0.2, 0) is 4.79 Å². The van der Waals surface area contributed by atoms with Gasteiger partial charge in [-0.25, -0.2) is 0 Å². The summed E-state index contributed by atoms with van der Waals surface area (Å²) >= 11 is 0. The molecule has 0 aromatic heterocycles. The quantitative estimate of drug-likeness (QED) is 0.423. The first-order valence-electron chi connectivity index (χ1n) is 3.49. The molecular formula is C6H14O5P+. The normalized spacial score (nSPS) is 11.6. The van der Waals surface area contributed by atoms with Crippen LogP contribution >= 0.6 is 7.26 Å². The molecule has 6 heteroatoms. The molecule has 0 aliphatic carbocycles. The molecule has 0 bridgehead atoms. The highest BCUT2D eigenvalue weighted by molar-refractivity contribution is 7.75. The van der Waals surface area contributed by atoms with Crippen molar-refractivity contribution in [2.75, 3.05) is 25.2 Å². The van der Waals surface area contributed by atoms with Crippen LogP contribution in [0.15, 0.2) is 0 Å². The van der Waals surface area contributed by atoms with Crippen LogP contribution in [0.4, 0.5) is 0 Å². The molecule has 72 valence electrons. The number of carboxylic acid groups (broad SMARTS) is 1. The summed E-state index contributed by atoms with van der Waals surface area (Å²) in [6.45, 7) is 0. The molecule has 0 radical (unpaired) electrons. The maximum atomic E-state index is 10.2. The van der Waals surface area contributed by atoms with Crippen molar-refractivity contribution in [1.82, 2.24) is 0 Å². The van der Waals surface area contributed by atoms with E-state index < -0.39 is 13.2 Å². The van der Waals surface area contributed by atoms with E-state index in [1.807, 2.05) is 0 Å². The Hall–Kier alpha value is -0.220. The first-order chi connectivity index (χ1) is 5.60. The molecule has 0 saturated heterocycles. The van der Waals surface area contributed by atoms with E-state index in [9.17, 15) is 4.79 Å². The SMILES string of the molecule is O=C(O)CC[P+](CO)(CO)CO. The number of hydrogen-bond donors (Lipinski definition) is 4. The van der Waals surface area contributed by atoms with E-state index in [2.05, 4.69) is 0 Å². The largest absolute Gasteiger partial charge is 0.481 e. The first kappa shape index (κ1) is 11.8. The average Bonchev–Trinajstić information content (AvgIpc) is 2.08. The Balaban J connectivity index is 4.01. The standard InChI is InChI=1S/C6H13O5P/c7-3-12(4-8,5-9)2-1-6(10)11/h7-9H,1-5H2/p+1. The van der Waals surface area contributed by atoms with Crippen molar-refractivity contribution >= 4 is 13.2 Å². The van der Waals surface area contributed by atoms with Crippen LogP contribution in [0.25, 0.3) is 0 Å². The van der Waals surface area contributed by atoms with Gasteiger partial charge < -0.3 is 20.4 Å². The van der Waals surface area contributed by atoms with Crippen LogP contribution < -0.4 is 0 Å². The van der Waals surface area contributed by atoms with E-state index in [0.29, 0.717) is 0 Å². The van der Waals surface area contributed by atoms with Crippen molar-refractivity contribution in [3.05, 3.63) is 0 Å². The lowest BCUT2D eigenvalue weighted by atomic mass is 10.5. The van der Waals surface area contributed by atoms with Gasteiger partial charge in [0.2, 0.25) is 0 Å². The molecule has 0 amide bonds. The number of aliphatic hydroxyl groups is 3. The molecule has 0 atom stereocenters. The molecule has 12 heavy (non-hydrogen) atoms. The maximum Gasteiger partial charge on any atom is 0.307 e. The summed E-state index contributed by atoms with van der Waals surface area (Å²) in [4.78, 5) is 10.2. The predicted molar refractivity (Wildman–Crippen MR) is 45.3 cm³/mol. The van der Waals surface area contributed by atoms with Crippen molar-refractivity contribution in [3.8, 4) is 0 Å². The van der Waals surface area contributed by atoms with Crippen molar-refractivity contribution in [2.45, 2.75) is 6.42 Å². The fourth-order valence-electron chi connectivity index (χ4n) is 0.679. The second-order valence-electron chi connectivity index (χ2n) is 2.63. The summed E-state index contributed by atoms with van der Waals surface area (Å²) in [6, 6.07) is 0. The molecule has 0 heterocycles. The Bertz CT molecular complexity index is 137. The molecule has 5 nitrogen and oxygen atoms in total. The Morgan fingerprint density at radius 1 is 1.08 bits per heavy atom. The van der Waals surface area contributed by atoms with Gasteiger partial charge in [0.05, 0.1) is 19.8 Å². The van der Waals surface area contributed by atoms with Gasteiger partial charge in [-0.15, -0.1) is 0 Å². The van der Waals surface area contributed by atoms with Gasteiger partial charge in [-0.1, -0.05) is 0 Å². The topological polar surface area (TPSA) is 98.0 Å². The molecule has 0 unspecified atom stereocenters. The zero-order valence-electron chi connectivity index (χ0n) is 6.68. The molecule has 0 aromatic carbocycles. The number of hydrogen-bond acceptors (Lipinski definition) is 4. The van der Waals surface area contributed by atoms with E-state index in [1.54, 1.807) is 0 Å². The second-order valence-corrected chi connectivity index (χ2v) is 6.61. The molecule has 0 spiro atoms. The third kappa shape index (κ3) is 3.45. The zero-order chi connectivity index (χ0) is 9.61. The number of aliphatic hydroxyl groups excluding tert-OH is 3. The first-order valence-corrected chi connectivity index (χ1v) is 6.02. The second kappa shape index (κ2) is 5.43. The fraction of sp³-hybridized carbons (Fsp3) is 0.833. The van der Waals surface area contributed by atoms with Gasteiger partial charge in [0.25, 0.3) is 0 Å². The van der Waals surface area contributed by atoms with Crippen LogP contribution in [0, 0.1) is 0 Å². The van der Waals surface area contributed by atoms with E-state index in [1.165, 1.54) is 0 Å². The minimum absolute atomic E-state index is 0.116. The van der Waals surface area contributed by atoms with Crippen LogP contribution in [0.5, 0.6) is 0 Å². The van der Waals surface area contributed by atoms with E-state index >= 15 is 0 Å². The summed E-state index contributed by atoms with van der Waals surface area (Å²) < 4.78 is 0. The highest BCUT2D eigenvalue weighted by atomic mass is 31.2. The van der Waals surface area contributed by atoms with Crippen molar-refractivity contribution in [1.29, 1.82) is 0 Å². The number of rotatable bonds is 6. The smallest absolute Gasteiger partial charge is 0.307 e. The number of aliphatic carboxylic acids is 1. The zero-order valence-corrected chi connectivity index (χ0v) is 7.57. The molecule has 0 aliphatic rings. The average molecular weight is 197 g/mol. The van der Waals surface area contributed by atoms with Crippen molar-refractivity contribution in [2.24, 2.45) is 0 Å². The van der Waals surface area contributed by atoms with E-state index in [4.69, 9.17) is 20.4 Å². The summed E-state index contributed by atoms with van der Waals surface area (Å²) in [6.07, 6.45) is -0.824. The van der Waals surface area contributed by atoms with Gasteiger partial charge >= 0.3 is 5.97 Å². The Kier molecular flexibility index (Phi) is 5.33. The van der Waals surface area contributed by atoms with Crippen LogP contribution in [0.3, 0.4) is 0 Å². The molecule has 0 rings (SSSR count). The minimum atomic E-state index is -2.21. The minimum Gasteiger partial charge on any atom is -0.481 e. The predicted octanol–water partition coefficient (Wildman–Crippen LogP) is -0.672. The monoisotopic (exact) mass is 197 g/mol. The number of carbonyl (C=O) groups is 1. The summed E-state index contributed by atoms with van der Waals surface area (Å²) in [5.74, 6) is -0.977. The third-order valence-corrected chi connectivity index (χ3v) is 4.67. The Morgan fingerprint density at radius 3 is 1.75 bits per heavy atom. The maximum absolute atomic E-state index is 10.2. The van der Waals surface area contributed by atoms with E-state index in [0.717, 1.165) is 0 Å². The molecule has 0 saturated carbocycles. The molecule has 0 aromatic rings. The molecule has 4 N–H and O–H groups in total. The highest BCUT2D eigenvalue weighted by Gasteiger charge is 2.35. The van der Waals surface area contributed by atoms with E-state index in [-0.39, 0.29) is 31.6 Å². The molecule has 0 aliphatic heterocycles. The van der Waals surface area contributed by atoms with Gasteiger partial charge in [-0.05, 0) is 0 Å². The van der Waals surface area contributed by atoms with Gasteiger partial charge in [0, 0.05) is 0 Å². The van der Waals surface area contributed by atoms with Gasteiger partial charge in [-0.2, -0.15) is 0 Å². The van der Waals surface area contributed by atoms with Crippen molar-refractivity contribution in [3.63, 3.8) is 0 Å². The Labute approximate surface area is 71.0 Å². The molecular weight excluding hydrogens is 183 g/mol. The lowest BCUT2D eigenvalue weighted by Crippen LogP contribution is -2.14. The summed E-state index contributed by atoms with van der Waals surface area (Å²) in [7, 11) is -2.21. The highest BCUT2D eigenvalue weighted by Crippen LogP contribution is 2.56. The lowest BCUT2D eigenvalue weighted by Gasteiger charge is -2.18. The van der Waals surface area contributed by atoms with Crippen LogP contribution in [0.1, 0.15) is 6.42 Å². The van der Waals surface area contributed by atoms with Crippen LogP contribution in [0.2, 0.25) is 0 Å². The Morgan fingerprint density at radius 2 is 1.50 bits per heavy atom. The summed E-state index contributed by atoms with van der Waals surface area (Å²) in [5.41, 5.74) is 0. The van der Waals surface area contributed by atoms with Gasteiger partial charge in [-0.3, -0.25) is 4.79 Å². The number of carboxylic acids is 1. The van der Waals surface area contributed by atoms with Crippen LogP contribution in [-0.4, -0.2) is 51.6 Å². The third-order valence-electron chi connectivity index (χ3n) is 1.70. The van der Waals surface area contributed by atoms with Crippen molar-refractivity contribution < 1.29 is 25.2 Å². The van der Waals surface area contributed by atoms with Gasteiger partial charge in [0.15, 0.2) is 19.0 Å². The lowest BCUT2D eigenvalue weighted by molar-refractivity contribution is -0.136. The summed E-state index contributed by atoms with van der Waals surface area (Å²) in [5, 5.41) is 34.8.